The van der Waals surface area contributed by atoms with Crippen LogP contribution in [0.3, 0.4) is 0 Å². The van der Waals surface area contributed by atoms with E-state index in [9.17, 15) is 9.59 Å². The fourth-order valence-corrected chi connectivity index (χ4v) is 6.25. The Morgan fingerprint density at radius 1 is 0.935 bits per heavy atom. The van der Waals surface area contributed by atoms with Gasteiger partial charge in [0.15, 0.2) is 0 Å². The van der Waals surface area contributed by atoms with E-state index in [2.05, 4.69) is 71.3 Å². The Balaban J connectivity index is 1.15. The highest BCUT2D eigenvalue weighted by Crippen LogP contribution is 2.29. The number of aromatic nitrogens is 5. The minimum Gasteiger partial charge on any atom is -0.354 e. The van der Waals surface area contributed by atoms with Crippen molar-refractivity contribution >= 4 is 23.3 Å². The molecule has 0 unspecified atom stereocenters. The van der Waals surface area contributed by atoms with Crippen LogP contribution in [0.1, 0.15) is 31.2 Å². The van der Waals surface area contributed by atoms with Crippen LogP contribution in [-0.4, -0.2) is 88.1 Å². The topological polar surface area (TPSA) is 158 Å². The number of pyridine rings is 1. The third-order valence-corrected chi connectivity index (χ3v) is 9.24. The third kappa shape index (κ3) is 7.75. The van der Waals surface area contributed by atoms with Gasteiger partial charge in [0.05, 0.1) is 0 Å². The number of rotatable bonds is 10. The number of nitrogens with zero attached hydrogens (tertiary/aromatic N) is 6. The normalized spacial score (nSPS) is 19.4. The molecule has 12 nitrogen and oxygen atoms in total. The number of H-pyrrole nitrogens is 1. The van der Waals surface area contributed by atoms with Gasteiger partial charge in [-0.25, -0.2) is 4.98 Å². The number of aromatic amines is 1. The summed E-state index contributed by atoms with van der Waals surface area (Å²) in [7, 11) is 2.14. The van der Waals surface area contributed by atoms with Gasteiger partial charge in [-0.2, -0.15) is 5.21 Å². The van der Waals surface area contributed by atoms with E-state index < -0.39 is 6.04 Å². The highest BCUT2D eigenvalue weighted by Gasteiger charge is 2.29. The number of carbonyl (C=O) groups excluding carboxylic acids is 2. The summed E-state index contributed by atoms with van der Waals surface area (Å²) in [6, 6.07) is 18.8. The van der Waals surface area contributed by atoms with Gasteiger partial charge in [0.1, 0.15) is 11.9 Å². The number of piperazine rings is 1. The number of nitrogens with one attached hydrogen (secondary N) is 3. The van der Waals surface area contributed by atoms with E-state index in [0.29, 0.717) is 30.4 Å². The first kappa shape index (κ1) is 31.3. The fraction of sp³-hybridized carbons (Fsp3) is 0.412. The zero-order chi connectivity index (χ0) is 31.9. The highest BCUT2D eigenvalue weighted by atomic mass is 16.2. The molecule has 2 aliphatic rings. The lowest BCUT2D eigenvalue weighted by atomic mass is 9.81. The summed E-state index contributed by atoms with van der Waals surface area (Å²) in [5.74, 6) is 1.46. The summed E-state index contributed by atoms with van der Waals surface area (Å²) in [5.41, 5.74) is 10.4. The molecule has 240 valence electrons. The molecule has 2 fully saturated rings. The monoisotopic (exact) mass is 622 g/mol. The summed E-state index contributed by atoms with van der Waals surface area (Å²) >= 11 is 0. The number of tetrazole rings is 1. The molecular formula is C34H42N10O2. The first-order valence-corrected chi connectivity index (χ1v) is 16.1. The maximum absolute atomic E-state index is 13.6. The van der Waals surface area contributed by atoms with Crippen LogP contribution in [0.4, 0.5) is 11.5 Å². The Morgan fingerprint density at radius 3 is 2.33 bits per heavy atom. The molecule has 2 aromatic carbocycles. The number of hydrogen-bond acceptors (Lipinski definition) is 9. The van der Waals surface area contributed by atoms with Gasteiger partial charge in [0.2, 0.25) is 17.6 Å². The molecule has 2 amide bonds. The van der Waals surface area contributed by atoms with Crippen LogP contribution < -0.4 is 21.3 Å². The zero-order valence-electron chi connectivity index (χ0n) is 26.2. The summed E-state index contributed by atoms with van der Waals surface area (Å²) in [5, 5.41) is 20.1. The Kier molecular flexibility index (Phi) is 9.94. The first-order chi connectivity index (χ1) is 22.4. The Bertz CT molecular complexity index is 1580. The Morgan fingerprint density at radius 2 is 1.65 bits per heavy atom. The molecule has 2 aromatic heterocycles. The Hall–Kier alpha value is -4.68. The van der Waals surface area contributed by atoms with E-state index in [1.165, 1.54) is 0 Å². The third-order valence-electron chi connectivity index (χ3n) is 9.24. The predicted octanol–water partition coefficient (Wildman–Crippen LogP) is 3.11. The van der Waals surface area contributed by atoms with E-state index in [4.69, 9.17) is 5.73 Å². The minimum atomic E-state index is -0.743. The van der Waals surface area contributed by atoms with Crippen LogP contribution in [0.15, 0.2) is 66.9 Å². The molecule has 12 heteroatoms. The van der Waals surface area contributed by atoms with Crippen LogP contribution in [0.2, 0.25) is 0 Å². The van der Waals surface area contributed by atoms with Crippen LogP contribution in [0, 0.1) is 11.8 Å². The van der Waals surface area contributed by atoms with Crippen molar-refractivity contribution in [2.75, 3.05) is 50.0 Å². The van der Waals surface area contributed by atoms with Crippen LogP contribution in [0.5, 0.6) is 0 Å². The molecular weight excluding hydrogens is 580 g/mol. The van der Waals surface area contributed by atoms with E-state index in [1.807, 2.05) is 36.5 Å². The summed E-state index contributed by atoms with van der Waals surface area (Å²) in [4.78, 5) is 36.3. The summed E-state index contributed by atoms with van der Waals surface area (Å²) in [6.45, 7) is 4.60. The SMILES string of the molecule is CN1CCN(c2cc(-c3ccc(C[C@H](NC(=O)C4CCC(CN)CC4)C(=O)Nc4ccc(-c5nn[nH]n5)cc4)cc3)ccn2)CC1. The van der Waals surface area contributed by atoms with Gasteiger partial charge in [-0.15, -0.1) is 10.2 Å². The second-order valence-corrected chi connectivity index (χ2v) is 12.4. The van der Waals surface area contributed by atoms with Crippen LogP contribution in [0.25, 0.3) is 22.5 Å². The number of benzene rings is 2. The summed E-state index contributed by atoms with van der Waals surface area (Å²) in [6.07, 6.45) is 5.67. The van der Waals surface area contributed by atoms with Crippen molar-refractivity contribution in [3.63, 3.8) is 0 Å². The molecule has 1 saturated heterocycles. The number of amides is 2. The largest absolute Gasteiger partial charge is 0.354 e. The van der Waals surface area contributed by atoms with Gasteiger partial charge in [-0.05, 0) is 103 Å². The number of hydrogen-bond donors (Lipinski definition) is 4. The molecule has 6 rings (SSSR count). The molecule has 46 heavy (non-hydrogen) atoms. The molecule has 3 heterocycles. The van der Waals surface area contributed by atoms with Crippen LogP contribution in [-0.2, 0) is 16.0 Å². The molecule has 0 bridgehead atoms. The van der Waals surface area contributed by atoms with Gasteiger partial charge in [0.25, 0.3) is 0 Å². The van der Waals surface area contributed by atoms with Crippen molar-refractivity contribution in [1.82, 2.24) is 35.8 Å². The van der Waals surface area contributed by atoms with E-state index in [0.717, 1.165) is 79.9 Å². The van der Waals surface area contributed by atoms with Gasteiger partial charge in [-0.1, -0.05) is 24.3 Å². The molecule has 1 aliphatic heterocycles. The maximum atomic E-state index is 13.6. The molecule has 0 radical (unpaired) electrons. The van der Waals surface area contributed by atoms with Crippen molar-refractivity contribution in [2.24, 2.45) is 17.6 Å². The van der Waals surface area contributed by atoms with Crippen molar-refractivity contribution < 1.29 is 9.59 Å². The quantitative estimate of drug-likeness (QED) is 0.209. The lowest BCUT2D eigenvalue weighted by Gasteiger charge is -2.33. The van der Waals surface area contributed by atoms with Crippen molar-refractivity contribution in [3.8, 4) is 22.5 Å². The zero-order valence-corrected chi connectivity index (χ0v) is 26.2. The van der Waals surface area contributed by atoms with Gasteiger partial charge >= 0.3 is 0 Å². The van der Waals surface area contributed by atoms with E-state index in [-0.39, 0.29) is 17.7 Å². The number of carbonyl (C=O) groups is 2. The van der Waals surface area contributed by atoms with Gasteiger partial charge < -0.3 is 26.2 Å². The molecule has 1 atom stereocenters. The maximum Gasteiger partial charge on any atom is 0.247 e. The molecule has 1 saturated carbocycles. The van der Waals surface area contributed by atoms with E-state index in [1.54, 1.807) is 12.1 Å². The molecule has 1 aliphatic carbocycles. The second kappa shape index (κ2) is 14.6. The second-order valence-electron chi connectivity index (χ2n) is 12.4. The number of likely N-dealkylation sites (N-methyl/N-ethyl adjacent to an activating group) is 1. The Labute approximate surface area is 269 Å². The number of nitrogens with two attached hydrogens (primary N) is 1. The lowest BCUT2D eigenvalue weighted by molar-refractivity contribution is -0.130. The molecule has 4 aromatic rings. The van der Waals surface area contributed by atoms with Gasteiger partial charge in [0, 0.05) is 56.0 Å². The van der Waals surface area contributed by atoms with Crippen LogP contribution >= 0.6 is 0 Å². The first-order valence-electron chi connectivity index (χ1n) is 16.1. The average molecular weight is 623 g/mol. The highest BCUT2D eigenvalue weighted by molar-refractivity contribution is 5.97. The lowest BCUT2D eigenvalue weighted by Crippen LogP contribution is -2.48. The average Bonchev–Trinajstić information content (AvgIpc) is 3.64. The van der Waals surface area contributed by atoms with Crippen molar-refractivity contribution in [3.05, 3.63) is 72.4 Å². The smallest absolute Gasteiger partial charge is 0.247 e. The predicted molar refractivity (Wildman–Crippen MR) is 178 cm³/mol. The van der Waals surface area contributed by atoms with E-state index >= 15 is 0 Å². The minimum absolute atomic E-state index is 0.0760. The molecule has 5 N–H and O–H groups in total. The fourth-order valence-electron chi connectivity index (χ4n) is 6.25. The molecule has 0 spiro atoms. The van der Waals surface area contributed by atoms with Crippen molar-refractivity contribution in [2.45, 2.75) is 38.1 Å². The van der Waals surface area contributed by atoms with Crippen molar-refractivity contribution in [1.29, 1.82) is 0 Å². The standard InChI is InChI=1S/C34H42N10O2/c1-43-16-18-44(19-17-43)31-21-28(14-15-36-31)25-6-2-23(3-7-25)20-30(38-33(45)27-8-4-24(22-35)5-9-27)34(46)37-29-12-10-26(11-13-29)32-39-41-42-40-32/h2-3,6-7,10-15,21,24,27,30H,4-5,8-9,16-20,22,35H2,1H3,(H,37,46)(H,38,45)(H,39,40,41,42)/t24?,27?,30-/m0/s1. The van der Waals surface area contributed by atoms with Gasteiger partial charge in [-0.3, -0.25) is 9.59 Å². The summed E-state index contributed by atoms with van der Waals surface area (Å²) < 4.78 is 0. The number of anilines is 2.